The molecule has 2 rings (SSSR count). The van der Waals surface area contributed by atoms with E-state index in [9.17, 15) is 4.79 Å². The van der Waals surface area contributed by atoms with Crippen LogP contribution in [0.2, 0.25) is 0 Å². The van der Waals surface area contributed by atoms with Crippen LogP contribution in [-0.2, 0) is 4.74 Å². The summed E-state index contributed by atoms with van der Waals surface area (Å²) in [5.41, 5.74) is 0. The summed E-state index contributed by atoms with van der Waals surface area (Å²) in [7, 11) is 0. The lowest BCUT2D eigenvalue weighted by atomic mass is 10.00. The molecule has 0 aliphatic carbocycles. The zero-order chi connectivity index (χ0) is 13.0. The Hall–Kier alpha value is -1.33. The lowest BCUT2D eigenvalue weighted by molar-refractivity contribution is 0.0643. The van der Waals surface area contributed by atoms with Crippen molar-refractivity contribution >= 4 is 5.97 Å². The molecule has 1 saturated heterocycles. The predicted molar refractivity (Wildman–Crippen MR) is 65.6 cm³/mol. The molecule has 0 spiro atoms. The smallest absolute Gasteiger partial charge is 0.371 e. The number of carboxylic acids is 1. The lowest BCUT2D eigenvalue weighted by Gasteiger charge is -2.23. The van der Waals surface area contributed by atoms with Crippen molar-refractivity contribution in [1.29, 1.82) is 0 Å². The molecule has 18 heavy (non-hydrogen) atoms. The van der Waals surface area contributed by atoms with E-state index in [-0.39, 0.29) is 11.8 Å². The lowest BCUT2D eigenvalue weighted by Crippen LogP contribution is -2.29. The van der Waals surface area contributed by atoms with Gasteiger partial charge < -0.3 is 19.6 Å². The normalized spacial score (nSPS) is 18.7. The van der Waals surface area contributed by atoms with Gasteiger partial charge in [-0.1, -0.05) is 0 Å². The van der Waals surface area contributed by atoms with Crippen molar-refractivity contribution in [3.8, 4) is 0 Å². The number of furan rings is 1. The zero-order valence-corrected chi connectivity index (χ0v) is 10.5. The topological polar surface area (TPSA) is 71.7 Å². The third-order valence-electron chi connectivity index (χ3n) is 3.32. The molecule has 1 atom stereocenters. The molecular weight excluding hydrogens is 234 g/mol. The van der Waals surface area contributed by atoms with Crippen LogP contribution in [0.3, 0.4) is 0 Å². The average Bonchev–Trinajstić information content (AvgIpc) is 2.87. The molecule has 100 valence electrons. The fourth-order valence-electron chi connectivity index (χ4n) is 2.10. The Morgan fingerprint density at radius 3 is 2.83 bits per heavy atom. The van der Waals surface area contributed by atoms with Gasteiger partial charge in [0.1, 0.15) is 5.76 Å². The molecule has 0 radical (unpaired) electrons. The van der Waals surface area contributed by atoms with Crippen LogP contribution in [0, 0.1) is 5.92 Å². The number of aromatic carboxylic acids is 1. The van der Waals surface area contributed by atoms with E-state index in [4.69, 9.17) is 14.3 Å². The first-order chi connectivity index (χ1) is 8.66. The van der Waals surface area contributed by atoms with E-state index in [0.717, 1.165) is 32.6 Å². The summed E-state index contributed by atoms with van der Waals surface area (Å²) in [6, 6.07) is 3.23. The summed E-state index contributed by atoms with van der Waals surface area (Å²) in [6.45, 7) is 4.56. The second-order valence-corrected chi connectivity index (χ2v) is 4.69. The van der Waals surface area contributed by atoms with Crippen molar-refractivity contribution in [2.45, 2.75) is 25.8 Å². The highest BCUT2D eigenvalue weighted by Gasteiger charge is 2.17. The van der Waals surface area contributed by atoms with Crippen molar-refractivity contribution in [2.75, 3.05) is 19.8 Å². The predicted octanol–water partition coefficient (Wildman–Crippen LogP) is 2.06. The van der Waals surface area contributed by atoms with E-state index in [1.54, 1.807) is 6.07 Å². The number of hydrogen-bond donors (Lipinski definition) is 2. The quantitative estimate of drug-likeness (QED) is 0.840. The van der Waals surface area contributed by atoms with E-state index in [1.807, 2.05) is 6.92 Å². The summed E-state index contributed by atoms with van der Waals surface area (Å²) >= 11 is 0. The maximum atomic E-state index is 10.7. The van der Waals surface area contributed by atoms with Crippen LogP contribution in [0.5, 0.6) is 0 Å². The van der Waals surface area contributed by atoms with Gasteiger partial charge in [0.05, 0.1) is 6.04 Å². The Balaban J connectivity index is 1.82. The fraction of sp³-hybridized carbons (Fsp3) is 0.615. The molecule has 0 aromatic carbocycles. The third kappa shape index (κ3) is 3.34. The van der Waals surface area contributed by atoms with Crippen molar-refractivity contribution in [1.82, 2.24) is 5.32 Å². The number of ether oxygens (including phenoxy) is 1. The number of rotatable bonds is 5. The van der Waals surface area contributed by atoms with Gasteiger partial charge in [0, 0.05) is 13.2 Å². The van der Waals surface area contributed by atoms with E-state index in [1.165, 1.54) is 6.07 Å². The van der Waals surface area contributed by atoms with Gasteiger partial charge >= 0.3 is 5.97 Å². The molecule has 2 N–H and O–H groups in total. The van der Waals surface area contributed by atoms with Gasteiger partial charge in [0.2, 0.25) is 5.76 Å². The van der Waals surface area contributed by atoms with E-state index < -0.39 is 5.97 Å². The Bertz CT molecular complexity index is 395. The van der Waals surface area contributed by atoms with Gasteiger partial charge in [0.25, 0.3) is 0 Å². The molecule has 1 aliphatic rings. The van der Waals surface area contributed by atoms with E-state index >= 15 is 0 Å². The Kier molecular flexibility index (Phi) is 4.38. The molecule has 0 saturated carbocycles. The second-order valence-electron chi connectivity index (χ2n) is 4.69. The van der Waals surface area contributed by atoms with Crippen molar-refractivity contribution < 1.29 is 19.1 Å². The molecule has 1 aromatic heterocycles. The zero-order valence-electron chi connectivity index (χ0n) is 10.5. The molecule has 1 aromatic rings. The first kappa shape index (κ1) is 13.1. The third-order valence-corrected chi connectivity index (χ3v) is 3.32. The molecule has 1 aliphatic heterocycles. The Morgan fingerprint density at radius 2 is 2.22 bits per heavy atom. The maximum Gasteiger partial charge on any atom is 0.371 e. The molecule has 5 heteroatoms. The van der Waals surface area contributed by atoms with Gasteiger partial charge in [-0.2, -0.15) is 0 Å². The summed E-state index contributed by atoms with van der Waals surface area (Å²) in [4.78, 5) is 10.7. The molecule has 5 nitrogen and oxygen atoms in total. The van der Waals surface area contributed by atoms with Crippen LogP contribution in [0.1, 0.15) is 42.1 Å². The highest BCUT2D eigenvalue weighted by Crippen LogP contribution is 2.18. The minimum atomic E-state index is -1.03. The van der Waals surface area contributed by atoms with Gasteiger partial charge in [-0.15, -0.1) is 0 Å². The Morgan fingerprint density at radius 1 is 1.50 bits per heavy atom. The highest BCUT2D eigenvalue weighted by atomic mass is 16.5. The summed E-state index contributed by atoms with van der Waals surface area (Å²) in [6.07, 6.45) is 2.16. The minimum absolute atomic E-state index is 0.00952. The number of hydrogen-bond acceptors (Lipinski definition) is 4. The van der Waals surface area contributed by atoms with Crippen molar-refractivity contribution in [3.05, 3.63) is 23.7 Å². The van der Waals surface area contributed by atoms with Crippen LogP contribution < -0.4 is 5.32 Å². The monoisotopic (exact) mass is 253 g/mol. The molecule has 2 heterocycles. The molecular formula is C13H19NO4. The molecule has 0 bridgehead atoms. The first-order valence-electron chi connectivity index (χ1n) is 6.31. The summed E-state index contributed by atoms with van der Waals surface area (Å²) in [5, 5.41) is 12.2. The first-order valence-corrected chi connectivity index (χ1v) is 6.31. The van der Waals surface area contributed by atoms with Gasteiger partial charge in [-0.05, 0) is 44.4 Å². The maximum absolute atomic E-state index is 10.7. The second kappa shape index (κ2) is 6.02. The van der Waals surface area contributed by atoms with Crippen LogP contribution in [0.4, 0.5) is 0 Å². The van der Waals surface area contributed by atoms with Crippen LogP contribution in [0.25, 0.3) is 0 Å². The summed E-state index contributed by atoms with van der Waals surface area (Å²) in [5.74, 6) is 0.261. The minimum Gasteiger partial charge on any atom is -0.475 e. The fourth-order valence-corrected chi connectivity index (χ4v) is 2.10. The number of carbonyl (C=O) groups is 1. The van der Waals surface area contributed by atoms with Crippen LogP contribution in [-0.4, -0.2) is 30.8 Å². The molecule has 0 amide bonds. The van der Waals surface area contributed by atoms with Gasteiger partial charge in [-0.3, -0.25) is 0 Å². The summed E-state index contributed by atoms with van der Waals surface area (Å²) < 4.78 is 10.6. The largest absolute Gasteiger partial charge is 0.475 e. The number of carboxylic acid groups (broad SMARTS) is 1. The SMILES string of the molecule is CC(NCC1CCOCC1)c1ccc(C(=O)O)o1. The molecule has 1 unspecified atom stereocenters. The van der Waals surface area contributed by atoms with Crippen LogP contribution >= 0.6 is 0 Å². The Labute approximate surface area is 106 Å². The highest BCUT2D eigenvalue weighted by molar-refractivity contribution is 5.84. The van der Waals surface area contributed by atoms with Gasteiger partial charge in [0.15, 0.2) is 0 Å². The van der Waals surface area contributed by atoms with Crippen LogP contribution in [0.15, 0.2) is 16.5 Å². The van der Waals surface area contributed by atoms with Gasteiger partial charge in [-0.25, -0.2) is 4.79 Å². The van der Waals surface area contributed by atoms with Crippen molar-refractivity contribution in [3.63, 3.8) is 0 Å². The van der Waals surface area contributed by atoms with E-state index in [2.05, 4.69) is 5.32 Å². The average molecular weight is 253 g/mol. The standard InChI is InChI=1S/C13H19NO4/c1-9(11-2-3-12(18-11)13(15)16)14-8-10-4-6-17-7-5-10/h2-3,9-10,14H,4-8H2,1H3,(H,15,16). The van der Waals surface area contributed by atoms with Crippen molar-refractivity contribution in [2.24, 2.45) is 5.92 Å². The van der Waals surface area contributed by atoms with E-state index in [0.29, 0.717) is 11.7 Å². The number of nitrogens with one attached hydrogen (secondary N) is 1. The molecule has 1 fully saturated rings.